The van der Waals surface area contributed by atoms with E-state index in [1.165, 1.54) is 11.0 Å². The van der Waals surface area contributed by atoms with E-state index < -0.39 is 23.9 Å². The quantitative estimate of drug-likeness (QED) is 0.579. The van der Waals surface area contributed by atoms with Crippen LogP contribution in [-0.4, -0.2) is 29.0 Å². The van der Waals surface area contributed by atoms with Gasteiger partial charge in [0.1, 0.15) is 17.4 Å². The fourth-order valence-corrected chi connectivity index (χ4v) is 3.74. The van der Waals surface area contributed by atoms with Gasteiger partial charge in [0.15, 0.2) is 6.10 Å². The lowest BCUT2D eigenvalue weighted by molar-refractivity contribution is -0.137. The van der Waals surface area contributed by atoms with E-state index in [1.54, 1.807) is 40.0 Å². The van der Waals surface area contributed by atoms with Gasteiger partial charge in [0, 0.05) is 24.2 Å². The van der Waals surface area contributed by atoms with Crippen molar-refractivity contribution in [1.29, 1.82) is 0 Å². The van der Waals surface area contributed by atoms with Crippen molar-refractivity contribution in [3.8, 4) is 5.75 Å². The second-order valence-electron chi connectivity index (χ2n) is 7.87. The number of ether oxygens (including phenoxy) is 1. The van der Waals surface area contributed by atoms with Crippen LogP contribution in [0.25, 0.3) is 10.9 Å². The Labute approximate surface area is 182 Å². The molecule has 1 aliphatic heterocycles. The minimum atomic E-state index is -4.50. The topological polar surface area (TPSA) is 93.4 Å². The molecule has 3 N–H and O–H groups in total. The standard InChI is InChI=1S/C22H22F3N5O2/c1-10(13-5-14(22(23,24)25)7-15(26)6-13)27-20-16-8-18-19(9-17(16)28-12(3)29-20)32-11(2)21(31)30(18)4/h5-11H,26H2,1-4H3,(H,27,28,29)/t10-,11?/m1/s1. The summed E-state index contributed by atoms with van der Waals surface area (Å²) in [4.78, 5) is 22.7. The molecule has 2 heterocycles. The number of anilines is 3. The molecule has 2 atom stereocenters. The van der Waals surface area contributed by atoms with Crippen molar-refractivity contribution in [2.45, 2.75) is 39.1 Å². The fraction of sp³-hybridized carbons (Fsp3) is 0.318. The van der Waals surface area contributed by atoms with Crippen molar-refractivity contribution >= 4 is 34.0 Å². The number of hydrogen-bond donors (Lipinski definition) is 2. The molecule has 1 amide bonds. The molecule has 3 aromatic rings. The number of fused-ring (bicyclic) bond motifs is 2. The first-order chi connectivity index (χ1) is 14.9. The number of amides is 1. The molecule has 7 nitrogen and oxygen atoms in total. The highest BCUT2D eigenvalue weighted by molar-refractivity contribution is 6.03. The van der Waals surface area contributed by atoms with Crippen molar-refractivity contribution in [2.24, 2.45) is 0 Å². The predicted molar refractivity (Wildman–Crippen MR) is 116 cm³/mol. The number of benzene rings is 2. The lowest BCUT2D eigenvalue weighted by Crippen LogP contribution is -2.41. The van der Waals surface area contributed by atoms with Crippen LogP contribution < -0.4 is 20.7 Å². The van der Waals surface area contributed by atoms with Crippen LogP contribution in [-0.2, 0) is 11.0 Å². The minimum Gasteiger partial charge on any atom is -0.479 e. The van der Waals surface area contributed by atoms with Gasteiger partial charge in [-0.1, -0.05) is 0 Å². The number of nitrogens with zero attached hydrogens (tertiary/aromatic N) is 3. The number of likely N-dealkylation sites (N-methyl/N-ethyl adjacent to an activating group) is 1. The zero-order chi connectivity index (χ0) is 23.4. The van der Waals surface area contributed by atoms with E-state index >= 15 is 0 Å². The summed E-state index contributed by atoms with van der Waals surface area (Å²) in [5, 5.41) is 3.78. The average molecular weight is 445 g/mol. The molecule has 0 bridgehead atoms. The molecule has 1 unspecified atom stereocenters. The molecule has 32 heavy (non-hydrogen) atoms. The molecule has 10 heteroatoms. The van der Waals surface area contributed by atoms with Crippen molar-refractivity contribution in [3.05, 3.63) is 47.3 Å². The highest BCUT2D eigenvalue weighted by Crippen LogP contribution is 2.39. The molecule has 1 aliphatic rings. The van der Waals surface area contributed by atoms with E-state index in [9.17, 15) is 18.0 Å². The first-order valence-electron chi connectivity index (χ1n) is 9.95. The van der Waals surface area contributed by atoms with Gasteiger partial charge in [-0.05, 0) is 50.6 Å². The molecule has 0 saturated carbocycles. The summed E-state index contributed by atoms with van der Waals surface area (Å²) in [6.07, 6.45) is -5.12. The molecule has 2 aromatic carbocycles. The maximum absolute atomic E-state index is 13.2. The highest BCUT2D eigenvalue weighted by Gasteiger charge is 2.32. The zero-order valence-corrected chi connectivity index (χ0v) is 17.9. The number of aryl methyl sites for hydroxylation is 1. The second-order valence-corrected chi connectivity index (χ2v) is 7.87. The van der Waals surface area contributed by atoms with Crippen LogP contribution in [0.1, 0.15) is 36.8 Å². The number of nitrogens with one attached hydrogen (secondary N) is 1. The number of nitrogen functional groups attached to an aromatic ring is 1. The number of carbonyl (C=O) groups is 1. The minimum absolute atomic E-state index is 0.0210. The van der Waals surface area contributed by atoms with Gasteiger partial charge in [-0.2, -0.15) is 13.2 Å². The Bertz CT molecular complexity index is 1230. The molecule has 0 fully saturated rings. The fourth-order valence-electron chi connectivity index (χ4n) is 3.74. The molecule has 0 spiro atoms. The zero-order valence-electron chi connectivity index (χ0n) is 17.9. The molecule has 4 rings (SSSR count). The van der Waals surface area contributed by atoms with Crippen molar-refractivity contribution in [2.75, 3.05) is 23.0 Å². The summed E-state index contributed by atoms with van der Waals surface area (Å²) in [6, 6.07) is 6.39. The van der Waals surface area contributed by atoms with Crippen LogP contribution in [0.2, 0.25) is 0 Å². The number of carbonyl (C=O) groups excluding carboxylic acids is 1. The highest BCUT2D eigenvalue weighted by atomic mass is 19.4. The van der Waals surface area contributed by atoms with E-state index in [0.717, 1.165) is 12.1 Å². The Morgan fingerprint density at radius 1 is 1.19 bits per heavy atom. The lowest BCUT2D eigenvalue weighted by atomic mass is 10.0. The smallest absolute Gasteiger partial charge is 0.416 e. The molecule has 0 saturated heterocycles. The van der Waals surface area contributed by atoms with E-state index in [4.69, 9.17) is 10.5 Å². The number of alkyl halides is 3. The average Bonchev–Trinajstić information content (AvgIpc) is 2.70. The Kier molecular flexibility index (Phi) is 5.10. The first kappa shape index (κ1) is 21.7. The second kappa shape index (κ2) is 7.54. The maximum Gasteiger partial charge on any atom is 0.416 e. The summed E-state index contributed by atoms with van der Waals surface area (Å²) in [5.41, 5.74) is 6.43. The molecule has 0 aliphatic carbocycles. The van der Waals surface area contributed by atoms with Crippen LogP contribution in [0.5, 0.6) is 5.75 Å². The van der Waals surface area contributed by atoms with Gasteiger partial charge in [-0.25, -0.2) is 9.97 Å². The van der Waals surface area contributed by atoms with Gasteiger partial charge in [0.05, 0.1) is 22.8 Å². The number of rotatable bonds is 3. The molecule has 0 radical (unpaired) electrons. The van der Waals surface area contributed by atoms with Crippen LogP contribution in [0.15, 0.2) is 30.3 Å². The normalized spacial score (nSPS) is 17.2. The summed E-state index contributed by atoms with van der Waals surface area (Å²) in [7, 11) is 1.65. The van der Waals surface area contributed by atoms with Crippen LogP contribution in [0.4, 0.5) is 30.4 Å². The van der Waals surface area contributed by atoms with Gasteiger partial charge in [0.25, 0.3) is 5.91 Å². The van der Waals surface area contributed by atoms with E-state index in [0.29, 0.717) is 39.5 Å². The van der Waals surface area contributed by atoms with Crippen molar-refractivity contribution in [3.63, 3.8) is 0 Å². The lowest BCUT2D eigenvalue weighted by Gasteiger charge is -2.30. The number of aromatic nitrogens is 2. The van der Waals surface area contributed by atoms with Crippen molar-refractivity contribution < 1.29 is 22.7 Å². The molecular formula is C22H22F3N5O2. The number of halogens is 3. The van der Waals surface area contributed by atoms with E-state index in [2.05, 4.69) is 15.3 Å². The Morgan fingerprint density at radius 2 is 1.91 bits per heavy atom. The summed E-state index contributed by atoms with van der Waals surface area (Å²) < 4.78 is 45.4. The van der Waals surface area contributed by atoms with Crippen LogP contribution in [0, 0.1) is 6.92 Å². The number of hydrogen-bond acceptors (Lipinski definition) is 6. The van der Waals surface area contributed by atoms with Gasteiger partial charge in [0.2, 0.25) is 0 Å². The molecule has 1 aromatic heterocycles. The maximum atomic E-state index is 13.2. The largest absolute Gasteiger partial charge is 0.479 e. The summed E-state index contributed by atoms with van der Waals surface area (Å²) >= 11 is 0. The Balaban J connectivity index is 1.77. The third-order valence-electron chi connectivity index (χ3n) is 5.39. The summed E-state index contributed by atoms with van der Waals surface area (Å²) in [6.45, 7) is 5.11. The monoisotopic (exact) mass is 445 g/mol. The van der Waals surface area contributed by atoms with E-state index in [1.807, 2.05) is 0 Å². The van der Waals surface area contributed by atoms with E-state index in [-0.39, 0.29) is 11.6 Å². The van der Waals surface area contributed by atoms with Gasteiger partial charge in [-0.3, -0.25) is 4.79 Å². The Morgan fingerprint density at radius 3 is 2.59 bits per heavy atom. The first-order valence-corrected chi connectivity index (χ1v) is 9.95. The molecular weight excluding hydrogens is 423 g/mol. The third-order valence-corrected chi connectivity index (χ3v) is 5.39. The van der Waals surface area contributed by atoms with Crippen LogP contribution >= 0.6 is 0 Å². The molecule has 168 valence electrons. The van der Waals surface area contributed by atoms with Crippen LogP contribution in [0.3, 0.4) is 0 Å². The Hall–Kier alpha value is -3.56. The van der Waals surface area contributed by atoms with Gasteiger partial charge >= 0.3 is 6.18 Å². The predicted octanol–water partition coefficient (Wildman–Crippen LogP) is 4.46. The van der Waals surface area contributed by atoms with Crippen molar-refractivity contribution in [1.82, 2.24) is 9.97 Å². The number of nitrogens with two attached hydrogens (primary N) is 1. The summed E-state index contributed by atoms with van der Waals surface area (Å²) in [5.74, 6) is 1.24. The SMILES string of the molecule is Cc1nc(N[C@H](C)c2cc(N)cc(C(F)(F)F)c2)c2cc3c(cc2n1)OC(C)C(=O)N3C. The van der Waals surface area contributed by atoms with Gasteiger partial charge in [-0.15, -0.1) is 0 Å². The van der Waals surface area contributed by atoms with Gasteiger partial charge < -0.3 is 20.7 Å². The third kappa shape index (κ3) is 3.88.